The number of nitrogens with zero attached hydrogens (tertiary/aromatic N) is 1. The molecule has 2 nitrogen and oxygen atoms in total. The van der Waals surface area contributed by atoms with E-state index in [1.807, 2.05) is 0 Å². The number of aliphatic hydroxyl groups is 1. The fraction of sp³-hybridized carbons (Fsp3) is 1.00. The normalized spacial score (nSPS) is 26.8. The van der Waals surface area contributed by atoms with Gasteiger partial charge in [-0.1, -0.05) is 19.3 Å². The van der Waals surface area contributed by atoms with Crippen LogP contribution in [0.3, 0.4) is 0 Å². The summed E-state index contributed by atoms with van der Waals surface area (Å²) in [5.41, 5.74) is 0.298. The number of hydrogen-bond acceptors (Lipinski definition) is 2. The van der Waals surface area contributed by atoms with E-state index < -0.39 is 0 Å². The maximum absolute atomic E-state index is 9.28. The van der Waals surface area contributed by atoms with Crippen LogP contribution >= 0.6 is 0 Å². The molecule has 0 radical (unpaired) electrons. The monoisotopic (exact) mass is 197 g/mol. The number of aliphatic hydroxyl groups excluding tert-OH is 1. The highest BCUT2D eigenvalue weighted by Crippen LogP contribution is 2.46. The van der Waals surface area contributed by atoms with Gasteiger partial charge in [0, 0.05) is 24.6 Å². The maximum atomic E-state index is 9.28. The highest BCUT2D eigenvalue weighted by Gasteiger charge is 2.43. The van der Waals surface area contributed by atoms with E-state index in [1.165, 1.54) is 44.9 Å². The van der Waals surface area contributed by atoms with Crippen molar-refractivity contribution < 1.29 is 5.11 Å². The SMILES string of the molecule is CN(CC1(CO)CC1)C1CCCCC1. The Labute approximate surface area is 87.3 Å². The first-order valence-electron chi connectivity index (χ1n) is 6.07. The van der Waals surface area contributed by atoms with Crippen molar-refractivity contribution in [1.29, 1.82) is 0 Å². The minimum atomic E-state index is 0.298. The van der Waals surface area contributed by atoms with Gasteiger partial charge in [-0.15, -0.1) is 0 Å². The predicted octanol–water partition coefficient (Wildman–Crippen LogP) is 2.02. The lowest BCUT2D eigenvalue weighted by Crippen LogP contribution is -2.38. The summed E-state index contributed by atoms with van der Waals surface area (Å²) in [4.78, 5) is 2.50. The third kappa shape index (κ3) is 2.29. The molecule has 2 fully saturated rings. The molecule has 0 saturated heterocycles. The third-order valence-electron chi connectivity index (χ3n) is 4.08. The van der Waals surface area contributed by atoms with E-state index in [-0.39, 0.29) is 0 Å². The first-order chi connectivity index (χ1) is 6.76. The van der Waals surface area contributed by atoms with Gasteiger partial charge >= 0.3 is 0 Å². The van der Waals surface area contributed by atoms with E-state index in [2.05, 4.69) is 11.9 Å². The molecule has 0 heterocycles. The molecule has 0 unspecified atom stereocenters. The molecule has 0 aromatic rings. The van der Waals surface area contributed by atoms with Gasteiger partial charge in [0.15, 0.2) is 0 Å². The van der Waals surface area contributed by atoms with Crippen LogP contribution in [0.5, 0.6) is 0 Å². The van der Waals surface area contributed by atoms with Gasteiger partial charge in [0.1, 0.15) is 0 Å². The Balaban J connectivity index is 1.79. The second-order valence-corrected chi connectivity index (χ2v) is 5.37. The van der Waals surface area contributed by atoms with Crippen molar-refractivity contribution in [1.82, 2.24) is 4.90 Å². The Morgan fingerprint density at radius 1 is 1.21 bits per heavy atom. The molecule has 2 rings (SSSR count). The lowest BCUT2D eigenvalue weighted by molar-refractivity contribution is 0.120. The van der Waals surface area contributed by atoms with E-state index >= 15 is 0 Å². The summed E-state index contributed by atoms with van der Waals surface area (Å²) in [7, 11) is 2.24. The van der Waals surface area contributed by atoms with Gasteiger partial charge in [0.25, 0.3) is 0 Å². The minimum absolute atomic E-state index is 0.298. The van der Waals surface area contributed by atoms with Crippen LogP contribution in [0.25, 0.3) is 0 Å². The summed E-state index contributed by atoms with van der Waals surface area (Å²) in [5, 5.41) is 9.28. The highest BCUT2D eigenvalue weighted by molar-refractivity contribution is 4.95. The molecule has 82 valence electrons. The average Bonchev–Trinajstić information content (AvgIpc) is 3.00. The van der Waals surface area contributed by atoms with E-state index in [9.17, 15) is 5.11 Å². The Hall–Kier alpha value is -0.0800. The van der Waals surface area contributed by atoms with Crippen LogP contribution < -0.4 is 0 Å². The zero-order valence-electron chi connectivity index (χ0n) is 9.34. The molecular formula is C12H23NO. The lowest BCUT2D eigenvalue weighted by Gasteiger charge is -2.33. The van der Waals surface area contributed by atoms with Crippen molar-refractivity contribution in [3.05, 3.63) is 0 Å². The average molecular weight is 197 g/mol. The largest absolute Gasteiger partial charge is 0.396 e. The molecule has 0 bridgehead atoms. The zero-order chi connectivity index (χ0) is 10.0. The van der Waals surface area contributed by atoms with Gasteiger partial charge < -0.3 is 10.0 Å². The summed E-state index contributed by atoms with van der Waals surface area (Å²) in [6.07, 6.45) is 9.45. The molecular weight excluding hydrogens is 174 g/mol. The molecule has 14 heavy (non-hydrogen) atoms. The number of rotatable bonds is 4. The standard InChI is InChI=1S/C12H23NO/c1-13(9-12(10-14)7-8-12)11-5-3-2-4-6-11/h11,14H,2-10H2,1H3. The third-order valence-corrected chi connectivity index (χ3v) is 4.08. The molecule has 2 aliphatic rings. The molecule has 2 saturated carbocycles. The molecule has 0 aromatic heterocycles. The van der Waals surface area contributed by atoms with Gasteiger partial charge in [-0.3, -0.25) is 0 Å². The molecule has 2 heteroatoms. The second kappa shape index (κ2) is 4.19. The van der Waals surface area contributed by atoms with Crippen molar-refractivity contribution in [2.24, 2.45) is 5.41 Å². The Morgan fingerprint density at radius 2 is 1.86 bits per heavy atom. The van der Waals surface area contributed by atoms with Gasteiger partial charge in [0.05, 0.1) is 0 Å². The summed E-state index contributed by atoms with van der Waals surface area (Å²) in [6.45, 7) is 1.51. The highest BCUT2D eigenvalue weighted by atomic mass is 16.3. The zero-order valence-corrected chi connectivity index (χ0v) is 9.34. The molecule has 0 aliphatic heterocycles. The van der Waals surface area contributed by atoms with Gasteiger partial charge in [-0.05, 0) is 32.7 Å². The van der Waals surface area contributed by atoms with Crippen LogP contribution in [0.2, 0.25) is 0 Å². The van der Waals surface area contributed by atoms with Crippen LogP contribution in [0.4, 0.5) is 0 Å². The molecule has 2 aliphatic carbocycles. The molecule has 0 atom stereocenters. The number of hydrogen-bond donors (Lipinski definition) is 1. The van der Waals surface area contributed by atoms with Crippen molar-refractivity contribution in [3.63, 3.8) is 0 Å². The lowest BCUT2D eigenvalue weighted by atomic mass is 9.93. The molecule has 0 spiro atoms. The topological polar surface area (TPSA) is 23.5 Å². The summed E-state index contributed by atoms with van der Waals surface area (Å²) >= 11 is 0. The van der Waals surface area contributed by atoms with Crippen molar-refractivity contribution in [2.45, 2.75) is 51.0 Å². The smallest absolute Gasteiger partial charge is 0.0499 e. The van der Waals surface area contributed by atoms with Crippen LogP contribution in [0.15, 0.2) is 0 Å². The minimum Gasteiger partial charge on any atom is -0.396 e. The van der Waals surface area contributed by atoms with Crippen LogP contribution in [0.1, 0.15) is 44.9 Å². The second-order valence-electron chi connectivity index (χ2n) is 5.37. The van der Waals surface area contributed by atoms with Crippen LogP contribution in [-0.2, 0) is 0 Å². The van der Waals surface area contributed by atoms with E-state index in [0.717, 1.165) is 12.6 Å². The van der Waals surface area contributed by atoms with E-state index in [4.69, 9.17) is 0 Å². The Morgan fingerprint density at radius 3 is 2.36 bits per heavy atom. The van der Waals surface area contributed by atoms with Crippen molar-refractivity contribution in [3.8, 4) is 0 Å². The summed E-state index contributed by atoms with van der Waals surface area (Å²) in [5.74, 6) is 0. The summed E-state index contributed by atoms with van der Waals surface area (Å²) < 4.78 is 0. The molecule has 0 amide bonds. The van der Waals surface area contributed by atoms with E-state index in [0.29, 0.717) is 12.0 Å². The van der Waals surface area contributed by atoms with Crippen LogP contribution in [-0.4, -0.2) is 36.2 Å². The Bertz CT molecular complexity index is 183. The van der Waals surface area contributed by atoms with Gasteiger partial charge in [-0.2, -0.15) is 0 Å². The molecule has 0 aromatic carbocycles. The van der Waals surface area contributed by atoms with Crippen molar-refractivity contribution >= 4 is 0 Å². The fourth-order valence-corrected chi connectivity index (χ4v) is 2.72. The van der Waals surface area contributed by atoms with Crippen LogP contribution in [0, 0.1) is 5.41 Å². The first-order valence-corrected chi connectivity index (χ1v) is 6.07. The quantitative estimate of drug-likeness (QED) is 0.745. The first kappa shape index (κ1) is 10.4. The van der Waals surface area contributed by atoms with Crippen molar-refractivity contribution in [2.75, 3.05) is 20.2 Å². The fourth-order valence-electron chi connectivity index (χ4n) is 2.72. The molecule has 1 N–H and O–H groups in total. The van der Waals surface area contributed by atoms with Gasteiger partial charge in [-0.25, -0.2) is 0 Å². The van der Waals surface area contributed by atoms with E-state index in [1.54, 1.807) is 0 Å². The maximum Gasteiger partial charge on any atom is 0.0499 e. The van der Waals surface area contributed by atoms with Gasteiger partial charge in [0.2, 0.25) is 0 Å². The predicted molar refractivity (Wildman–Crippen MR) is 58.3 cm³/mol. The Kier molecular flexibility index (Phi) is 3.13. The summed E-state index contributed by atoms with van der Waals surface area (Å²) in [6, 6.07) is 0.799.